The first kappa shape index (κ1) is 13.6. The first-order valence-corrected chi connectivity index (χ1v) is 6.75. The van der Waals surface area contributed by atoms with Crippen molar-refractivity contribution in [3.8, 4) is 0 Å². The Labute approximate surface area is 122 Å². The highest BCUT2D eigenvalue weighted by Gasteiger charge is 2.28. The molecule has 0 saturated heterocycles. The summed E-state index contributed by atoms with van der Waals surface area (Å²) in [7, 11) is 3.38. The Hall–Kier alpha value is -2.40. The maximum absolute atomic E-state index is 12.2. The molecular weight excluding hydrogens is 268 g/mol. The van der Waals surface area contributed by atoms with Crippen LogP contribution in [0.25, 0.3) is 0 Å². The molecule has 2 aromatic rings. The van der Waals surface area contributed by atoms with Crippen molar-refractivity contribution in [1.82, 2.24) is 10.2 Å². The fraction of sp³-hybridized carbons (Fsp3) is 0.250. The minimum Gasteiger partial charge on any atom is -0.472 e. The van der Waals surface area contributed by atoms with Crippen LogP contribution in [-0.2, 0) is 11.2 Å². The molecule has 0 aliphatic carbocycles. The number of likely N-dealkylation sites (N-methyl/N-ethyl adjacent to an activating group) is 1. The molecule has 2 amide bonds. The first-order valence-electron chi connectivity index (χ1n) is 6.75. The highest BCUT2D eigenvalue weighted by atomic mass is 16.3. The molecule has 1 aromatic carbocycles. The van der Waals surface area contributed by atoms with Crippen molar-refractivity contribution in [2.45, 2.75) is 12.5 Å². The van der Waals surface area contributed by atoms with Gasteiger partial charge in [0.05, 0.1) is 25.0 Å². The lowest BCUT2D eigenvalue weighted by Gasteiger charge is -2.25. The van der Waals surface area contributed by atoms with Gasteiger partial charge in [-0.3, -0.25) is 14.5 Å². The second-order valence-electron chi connectivity index (χ2n) is 5.13. The number of nitrogens with zero attached hydrogens (tertiary/aromatic N) is 1. The Kier molecular flexibility index (Phi) is 3.35. The maximum Gasteiger partial charge on any atom is 0.260 e. The van der Waals surface area contributed by atoms with E-state index in [9.17, 15) is 9.59 Å². The Morgan fingerprint density at radius 3 is 2.71 bits per heavy atom. The van der Waals surface area contributed by atoms with Crippen molar-refractivity contribution in [2.24, 2.45) is 0 Å². The van der Waals surface area contributed by atoms with Crippen LogP contribution in [0.1, 0.15) is 33.1 Å². The van der Waals surface area contributed by atoms with Gasteiger partial charge in [0.15, 0.2) is 0 Å². The molecule has 0 saturated carbocycles. The monoisotopic (exact) mass is 284 g/mol. The van der Waals surface area contributed by atoms with Crippen LogP contribution in [0.2, 0.25) is 0 Å². The summed E-state index contributed by atoms with van der Waals surface area (Å²) in [5, 5.41) is 3.21. The molecular formula is C16H16N2O3. The third-order valence-corrected chi connectivity index (χ3v) is 3.88. The SMILES string of the molecule is CNC(c1ccoc1)c1ccc2c(c1)C(=O)N(C)C(=O)C2. The minimum absolute atomic E-state index is 0.0511. The molecule has 1 aromatic heterocycles. The highest BCUT2D eigenvalue weighted by Crippen LogP contribution is 2.27. The number of hydrogen-bond donors (Lipinski definition) is 1. The van der Waals surface area contributed by atoms with E-state index < -0.39 is 0 Å². The lowest BCUT2D eigenvalue weighted by Crippen LogP contribution is -2.39. The Bertz CT molecular complexity index is 692. The summed E-state index contributed by atoms with van der Waals surface area (Å²) in [4.78, 5) is 25.1. The van der Waals surface area contributed by atoms with Crippen LogP contribution in [0.5, 0.6) is 0 Å². The number of furan rings is 1. The minimum atomic E-state index is -0.245. The average molecular weight is 284 g/mol. The summed E-state index contributed by atoms with van der Waals surface area (Å²) in [5.74, 6) is -0.412. The summed E-state index contributed by atoms with van der Waals surface area (Å²) in [6, 6.07) is 7.49. The fourth-order valence-electron chi connectivity index (χ4n) is 2.67. The van der Waals surface area contributed by atoms with Crippen LogP contribution in [0.4, 0.5) is 0 Å². The normalized spacial score (nSPS) is 16.0. The van der Waals surface area contributed by atoms with Gasteiger partial charge in [0.2, 0.25) is 5.91 Å². The highest BCUT2D eigenvalue weighted by molar-refractivity contribution is 6.09. The van der Waals surface area contributed by atoms with Gasteiger partial charge in [-0.25, -0.2) is 0 Å². The van der Waals surface area contributed by atoms with Crippen LogP contribution in [0.15, 0.2) is 41.2 Å². The van der Waals surface area contributed by atoms with Gasteiger partial charge in [0, 0.05) is 18.2 Å². The standard InChI is InChI=1S/C16H16N2O3/c1-17-15(12-5-6-21-9-12)11-4-3-10-8-14(19)18(2)16(20)13(10)7-11/h3-7,9,15,17H,8H2,1-2H3. The predicted octanol–water partition coefficient (Wildman–Crippen LogP) is 1.74. The van der Waals surface area contributed by atoms with Gasteiger partial charge in [-0.1, -0.05) is 12.1 Å². The molecule has 0 spiro atoms. The molecule has 1 aliphatic rings. The Morgan fingerprint density at radius 2 is 2.05 bits per heavy atom. The van der Waals surface area contributed by atoms with Crippen molar-refractivity contribution >= 4 is 11.8 Å². The molecule has 5 nitrogen and oxygen atoms in total. The zero-order chi connectivity index (χ0) is 15.0. The van der Waals surface area contributed by atoms with E-state index in [1.165, 1.54) is 11.9 Å². The maximum atomic E-state index is 12.2. The second kappa shape index (κ2) is 5.18. The number of carbonyl (C=O) groups is 2. The quantitative estimate of drug-likeness (QED) is 0.872. The largest absolute Gasteiger partial charge is 0.472 e. The topological polar surface area (TPSA) is 62.6 Å². The van der Waals surface area contributed by atoms with Crippen LogP contribution < -0.4 is 5.32 Å². The zero-order valence-electron chi connectivity index (χ0n) is 11.9. The lowest BCUT2D eigenvalue weighted by molar-refractivity contribution is -0.127. The number of rotatable bonds is 3. The molecule has 21 heavy (non-hydrogen) atoms. The summed E-state index contributed by atoms with van der Waals surface area (Å²) in [6.45, 7) is 0. The Balaban J connectivity index is 2.03. The number of imide groups is 1. The first-order chi connectivity index (χ1) is 10.1. The lowest BCUT2D eigenvalue weighted by atomic mass is 9.92. The molecule has 3 rings (SSSR count). The number of amides is 2. The van der Waals surface area contributed by atoms with E-state index in [-0.39, 0.29) is 24.3 Å². The van der Waals surface area contributed by atoms with E-state index in [1.807, 2.05) is 31.3 Å². The molecule has 0 bridgehead atoms. The summed E-state index contributed by atoms with van der Waals surface area (Å²) < 4.78 is 5.12. The molecule has 1 aliphatic heterocycles. The summed E-state index contributed by atoms with van der Waals surface area (Å²) in [5.41, 5.74) is 3.34. The van der Waals surface area contributed by atoms with Crippen molar-refractivity contribution in [3.05, 3.63) is 59.0 Å². The van der Waals surface area contributed by atoms with E-state index in [0.29, 0.717) is 5.56 Å². The van der Waals surface area contributed by atoms with Crippen LogP contribution in [-0.4, -0.2) is 30.8 Å². The molecule has 108 valence electrons. The zero-order valence-corrected chi connectivity index (χ0v) is 11.9. The second-order valence-corrected chi connectivity index (χ2v) is 5.13. The van der Waals surface area contributed by atoms with Gasteiger partial charge in [-0.15, -0.1) is 0 Å². The van der Waals surface area contributed by atoms with Gasteiger partial charge >= 0.3 is 0 Å². The van der Waals surface area contributed by atoms with Gasteiger partial charge < -0.3 is 9.73 Å². The number of nitrogens with one attached hydrogen (secondary N) is 1. The van der Waals surface area contributed by atoms with E-state index >= 15 is 0 Å². The van der Waals surface area contributed by atoms with E-state index in [4.69, 9.17) is 4.42 Å². The molecule has 1 N–H and O–H groups in total. The van der Waals surface area contributed by atoms with Crippen molar-refractivity contribution < 1.29 is 14.0 Å². The van der Waals surface area contributed by atoms with E-state index in [1.54, 1.807) is 12.5 Å². The van der Waals surface area contributed by atoms with Crippen molar-refractivity contribution in [3.63, 3.8) is 0 Å². The summed E-state index contributed by atoms with van der Waals surface area (Å²) >= 11 is 0. The molecule has 5 heteroatoms. The fourth-order valence-corrected chi connectivity index (χ4v) is 2.67. The average Bonchev–Trinajstić information content (AvgIpc) is 3.00. The third kappa shape index (κ3) is 2.25. The van der Waals surface area contributed by atoms with Gasteiger partial charge in [0.25, 0.3) is 5.91 Å². The third-order valence-electron chi connectivity index (χ3n) is 3.88. The molecule has 2 heterocycles. The predicted molar refractivity (Wildman–Crippen MR) is 76.9 cm³/mol. The molecule has 1 atom stereocenters. The number of hydrogen-bond acceptors (Lipinski definition) is 4. The Morgan fingerprint density at radius 1 is 1.24 bits per heavy atom. The van der Waals surface area contributed by atoms with Crippen LogP contribution in [0, 0.1) is 0 Å². The number of carbonyl (C=O) groups excluding carboxylic acids is 2. The van der Waals surface area contributed by atoms with Crippen LogP contribution in [0.3, 0.4) is 0 Å². The van der Waals surface area contributed by atoms with Crippen molar-refractivity contribution in [1.29, 1.82) is 0 Å². The van der Waals surface area contributed by atoms with Gasteiger partial charge in [0.1, 0.15) is 0 Å². The van der Waals surface area contributed by atoms with Crippen LogP contribution >= 0.6 is 0 Å². The number of benzene rings is 1. The summed E-state index contributed by atoms with van der Waals surface area (Å²) in [6.07, 6.45) is 3.57. The van der Waals surface area contributed by atoms with E-state index in [2.05, 4.69) is 5.32 Å². The van der Waals surface area contributed by atoms with Gasteiger partial charge in [-0.05, 0) is 30.3 Å². The van der Waals surface area contributed by atoms with Gasteiger partial charge in [-0.2, -0.15) is 0 Å². The molecule has 0 radical (unpaired) electrons. The number of fused-ring (bicyclic) bond motifs is 1. The molecule has 1 unspecified atom stereocenters. The smallest absolute Gasteiger partial charge is 0.260 e. The molecule has 0 fully saturated rings. The van der Waals surface area contributed by atoms with Crippen molar-refractivity contribution in [2.75, 3.05) is 14.1 Å². The van der Waals surface area contributed by atoms with E-state index in [0.717, 1.165) is 16.7 Å².